The van der Waals surface area contributed by atoms with Gasteiger partial charge in [-0.25, -0.2) is 13.9 Å². The maximum atomic E-state index is 13.8. The molecule has 2 atom stereocenters. The van der Waals surface area contributed by atoms with E-state index in [1.165, 1.54) is 56.3 Å². The first kappa shape index (κ1) is 35.3. The summed E-state index contributed by atoms with van der Waals surface area (Å²) in [7, 11) is 4.15. The lowest BCUT2D eigenvalue weighted by molar-refractivity contribution is -0.141. The number of amides is 3. The highest BCUT2D eigenvalue weighted by Crippen LogP contribution is 2.39. The number of rotatable bonds is 13. The Morgan fingerprint density at radius 1 is 0.957 bits per heavy atom. The van der Waals surface area contributed by atoms with Crippen LogP contribution in [0, 0.1) is 11.7 Å². The molecule has 0 fully saturated rings. The Kier molecular flexibility index (Phi) is 12.1. The highest BCUT2D eigenvalue weighted by atomic mass is 19.1. The van der Waals surface area contributed by atoms with Crippen molar-refractivity contribution in [2.24, 2.45) is 5.92 Å². The minimum atomic E-state index is -1.21. The molecule has 0 bridgehead atoms. The average Bonchev–Trinajstić information content (AvgIpc) is 3.47. The van der Waals surface area contributed by atoms with Crippen molar-refractivity contribution in [3.63, 3.8) is 0 Å². The summed E-state index contributed by atoms with van der Waals surface area (Å²) in [5.74, 6) is -2.33. The third-order valence-electron chi connectivity index (χ3n) is 6.80. The number of alkyl carbamates (subject to hydrolysis) is 1. The maximum Gasteiger partial charge on any atom is 0.407 e. The molecule has 46 heavy (non-hydrogen) atoms. The number of nitrogens with one attached hydrogen (secondary N) is 3. The van der Waals surface area contributed by atoms with E-state index < -0.39 is 53.8 Å². The summed E-state index contributed by atoms with van der Waals surface area (Å²) in [6.45, 7) is 6.46. The summed E-state index contributed by atoms with van der Waals surface area (Å²) in [5, 5.41) is 12.3. The Labute approximate surface area is 266 Å². The van der Waals surface area contributed by atoms with Gasteiger partial charge in [0, 0.05) is 12.5 Å². The van der Waals surface area contributed by atoms with Gasteiger partial charge >= 0.3 is 12.1 Å². The molecule has 3 aromatic rings. The third kappa shape index (κ3) is 9.19. The molecule has 1 heterocycles. The molecule has 0 aliphatic rings. The first-order valence-corrected chi connectivity index (χ1v) is 14.5. The second kappa shape index (κ2) is 15.7. The number of aromatic nitrogens is 2. The van der Waals surface area contributed by atoms with Crippen molar-refractivity contribution in [2.75, 3.05) is 34.4 Å². The Morgan fingerprint density at radius 2 is 1.59 bits per heavy atom. The zero-order valence-corrected chi connectivity index (χ0v) is 26.9. The van der Waals surface area contributed by atoms with Crippen LogP contribution in [0.5, 0.6) is 11.5 Å². The van der Waals surface area contributed by atoms with Crippen molar-refractivity contribution >= 4 is 23.9 Å². The van der Waals surface area contributed by atoms with Crippen molar-refractivity contribution in [3.8, 4) is 28.4 Å². The molecule has 1 aromatic heterocycles. The standard InChI is InChI=1S/C32H40FN5O8/c1-8-19(17-35-31(42)46-32(2,3)4)28(30(41)34-18-26(39)45-7)36-29(40)22-16-23(27-24(43-5)10-9-11-25(27)44-6)38(37-22)21-14-12-20(33)13-15-21/h9-16,19,28H,8,17-18H2,1-7H3,(H,34,41)(H,35,42)(H,36,40)/t19-,28?/m1/s1. The van der Waals surface area contributed by atoms with E-state index in [0.29, 0.717) is 34.9 Å². The predicted octanol–water partition coefficient (Wildman–Crippen LogP) is 3.63. The highest BCUT2D eigenvalue weighted by molar-refractivity contribution is 5.98. The number of hydrogen-bond donors (Lipinski definition) is 3. The first-order chi connectivity index (χ1) is 21.8. The van der Waals surface area contributed by atoms with Gasteiger partial charge in [0.2, 0.25) is 5.91 Å². The van der Waals surface area contributed by atoms with Gasteiger partial charge in [0.05, 0.1) is 38.3 Å². The molecule has 2 aromatic carbocycles. The molecule has 0 saturated heterocycles. The normalized spacial score (nSPS) is 12.3. The molecular formula is C32H40FN5O8. The lowest BCUT2D eigenvalue weighted by Crippen LogP contribution is -2.54. The van der Waals surface area contributed by atoms with Crippen molar-refractivity contribution in [1.29, 1.82) is 0 Å². The van der Waals surface area contributed by atoms with Gasteiger partial charge in [-0.1, -0.05) is 13.0 Å². The fourth-order valence-corrected chi connectivity index (χ4v) is 4.53. The summed E-state index contributed by atoms with van der Waals surface area (Å²) in [6.07, 6.45) is -0.348. The molecule has 0 saturated carbocycles. The van der Waals surface area contributed by atoms with Gasteiger partial charge in [-0.15, -0.1) is 0 Å². The summed E-state index contributed by atoms with van der Waals surface area (Å²) >= 11 is 0. The molecule has 3 rings (SSSR count). The van der Waals surface area contributed by atoms with Crippen molar-refractivity contribution in [3.05, 3.63) is 60.0 Å². The molecule has 248 valence electrons. The number of ether oxygens (including phenoxy) is 4. The quantitative estimate of drug-likeness (QED) is 0.237. The summed E-state index contributed by atoms with van der Waals surface area (Å²) in [6, 6.07) is 10.9. The average molecular weight is 642 g/mol. The monoisotopic (exact) mass is 641 g/mol. The molecule has 0 aliphatic carbocycles. The molecule has 3 N–H and O–H groups in total. The molecule has 1 unspecified atom stereocenters. The Bertz CT molecular complexity index is 1510. The van der Waals surface area contributed by atoms with E-state index >= 15 is 0 Å². The van der Waals surface area contributed by atoms with Crippen LogP contribution in [0.2, 0.25) is 0 Å². The van der Waals surface area contributed by atoms with Crippen molar-refractivity contribution < 1.29 is 42.5 Å². The molecule has 0 radical (unpaired) electrons. The van der Waals surface area contributed by atoms with E-state index in [4.69, 9.17) is 14.2 Å². The SMILES string of the molecule is CC[C@H](CNC(=O)OC(C)(C)C)C(NC(=O)c1cc(-c2c(OC)cccc2OC)n(-c2ccc(F)cc2)n1)C(=O)NCC(=O)OC. The van der Waals surface area contributed by atoms with E-state index in [0.717, 1.165) is 0 Å². The lowest BCUT2D eigenvalue weighted by Gasteiger charge is -2.27. The van der Waals surface area contributed by atoms with Crippen LogP contribution in [-0.2, 0) is 19.1 Å². The zero-order valence-electron chi connectivity index (χ0n) is 26.9. The van der Waals surface area contributed by atoms with Gasteiger partial charge in [0.15, 0.2) is 5.69 Å². The number of carbonyl (C=O) groups excluding carboxylic acids is 4. The second-order valence-corrected chi connectivity index (χ2v) is 11.1. The largest absolute Gasteiger partial charge is 0.496 e. The van der Waals surface area contributed by atoms with Gasteiger partial charge in [0.25, 0.3) is 5.91 Å². The van der Waals surface area contributed by atoms with Gasteiger partial charge in [-0.2, -0.15) is 5.10 Å². The molecule has 13 nitrogen and oxygen atoms in total. The van der Waals surface area contributed by atoms with E-state index in [-0.39, 0.29) is 12.2 Å². The van der Waals surface area contributed by atoms with Crippen LogP contribution in [0.3, 0.4) is 0 Å². The molecular weight excluding hydrogens is 601 g/mol. The third-order valence-corrected chi connectivity index (χ3v) is 6.80. The summed E-state index contributed by atoms with van der Waals surface area (Å²) < 4.78 is 36.3. The topological polar surface area (TPSA) is 159 Å². The number of benzene rings is 2. The van der Waals surface area contributed by atoms with Crippen LogP contribution in [0.25, 0.3) is 16.9 Å². The Hall–Kier alpha value is -5.14. The minimum absolute atomic E-state index is 0.0321. The maximum absolute atomic E-state index is 13.8. The summed E-state index contributed by atoms with van der Waals surface area (Å²) in [5.41, 5.74) is 0.458. The van der Waals surface area contributed by atoms with Gasteiger partial charge in [0.1, 0.15) is 35.5 Å². The van der Waals surface area contributed by atoms with Gasteiger partial charge in [-0.3, -0.25) is 14.4 Å². The number of esters is 1. The van der Waals surface area contributed by atoms with E-state index in [1.807, 2.05) is 0 Å². The number of nitrogens with zero attached hydrogens (tertiary/aromatic N) is 2. The minimum Gasteiger partial charge on any atom is -0.496 e. The van der Waals surface area contributed by atoms with E-state index in [2.05, 4.69) is 25.8 Å². The van der Waals surface area contributed by atoms with Gasteiger partial charge < -0.3 is 34.9 Å². The van der Waals surface area contributed by atoms with Crippen LogP contribution >= 0.6 is 0 Å². The molecule has 3 amide bonds. The number of hydrogen-bond acceptors (Lipinski definition) is 9. The van der Waals surface area contributed by atoms with Gasteiger partial charge in [-0.05, 0) is 69.7 Å². The van der Waals surface area contributed by atoms with Crippen LogP contribution in [0.15, 0.2) is 48.5 Å². The fourth-order valence-electron chi connectivity index (χ4n) is 4.53. The number of halogens is 1. The van der Waals surface area contributed by atoms with Crippen LogP contribution in [0.4, 0.5) is 9.18 Å². The second-order valence-electron chi connectivity index (χ2n) is 11.1. The van der Waals surface area contributed by atoms with E-state index in [1.54, 1.807) is 45.9 Å². The lowest BCUT2D eigenvalue weighted by atomic mass is 9.95. The Balaban J connectivity index is 2.03. The highest BCUT2D eigenvalue weighted by Gasteiger charge is 2.32. The predicted molar refractivity (Wildman–Crippen MR) is 166 cm³/mol. The van der Waals surface area contributed by atoms with Crippen molar-refractivity contribution in [2.45, 2.75) is 45.8 Å². The van der Waals surface area contributed by atoms with Crippen LogP contribution in [0.1, 0.15) is 44.6 Å². The van der Waals surface area contributed by atoms with Crippen LogP contribution in [-0.4, -0.2) is 79.7 Å². The van der Waals surface area contributed by atoms with Crippen LogP contribution < -0.4 is 25.4 Å². The Morgan fingerprint density at radius 3 is 2.13 bits per heavy atom. The number of methoxy groups -OCH3 is 3. The molecule has 0 aliphatic heterocycles. The zero-order chi connectivity index (χ0) is 34.0. The van der Waals surface area contributed by atoms with E-state index in [9.17, 15) is 23.6 Å². The smallest absolute Gasteiger partial charge is 0.407 e. The first-order valence-electron chi connectivity index (χ1n) is 14.5. The molecule has 14 heteroatoms. The fraction of sp³-hybridized carbons (Fsp3) is 0.406. The molecule has 0 spiro atoms. The van der Waals surface area contributed by atoms with Crippen molar-refractivity contribution in [1.82, 2.24) is 25.7 Å². The summed E-state index contributed by atoms with van der Waals surface area (Å²) in [4.78, 5) is 51.3. The number of carbonyl (C=O) groups is 4.